The molecule has 30 heavy (non-hydrogen) atoms. The fourth-order valence-electron chi connectivity index (χ4n) is 3.56. The van der Waals surface area contributed by atoms with Crippen LogP contribution in [0.1, 0.15) is 31.0 Å². The minimum Gasteiger partial charge on any atom is -0.360 e. The Morgan fingerprint density at radius 1 is 1.23 bits per heavy atom. The second-order valence-corrected chi connectivity index (χ2v) is 14.6. The number of anilines is 2. The smallest absolute Gasteiger partial charge is 0.224 e. The Labute approximate surface area is 182 Å². The van der Waals surface area contributed by atoms with E-state index in [1.165, 1.54) is 0 Å². The van der Waals surface area contributed by atoms with Crippen molar-refractivity contribution >= 4 is 31.3 Å². The third kappa shape index (κ3) is 3.99. The van der Waals surface area contributed by atoms with E-state index < -0.39 is 8.07 Å². The summed E-state index contributed by atoms with van der Waals surface area (Å²) in [4.78, 5) is 10.8. The van der Waals surface area contributed by atoms with Gasteiger partial charge in [0.05, 0.1) is 12.2 Å². The summed E-state index contributed by atoms with van der Waals surface area (Å²) < 4.78 is 9.64. The lowest BCUT2D eigenvalue weighted by Crippen LogP contribution is -2.33. The van der Waals surface area contributed by atoms with Crippen LogP contribution in [0.4, 0.5) is 11.6 Å². The first-order valence-electron chi connectivity index (χ1n) is 10.1. The van der Waals surface area contributed by atoms with Gasteiger partial charge >= 0.3 is 0 Å². The van der Waals surface area contributed by atoms with Crippen LogP contribution in [0.15, 0.2) is 18.5 Å². The highest BCUT2D eigenvalue weighted by atomic mass is 35.5. The van der Waals surface area contributed by atoms with E-state index in [1.54, 1.807) is 10.9 Å². The molecule has 1 atom stereocenters. The topological polar surface area (TPSA) is 86.8 Å². The van der Waals surface area contributed by atoms with E-state index in [0.29, 0.717) is 12.5 Å². The summed E-state index contributed by atoms with van der Waals surface area (Å²) in [7, 11) is -1.11. The van der Waals surface area contributed by atoms with Crippen molar-refractivity contribution in [3.63, 3.8) is 0 Å². The number of rotatable bonds is 7. The molecule has 0 N–H and O–H groups in total. The lowest BCUT2D eigenvalue weighted by molar-refractivity contribution is 0.0787. The van der Waals surface area contributed by atoms with Crippen molar-refractivity contribution < 1.29 is 4.74 Å². The fraction of sp³-hybridized carbons (Fsp3) is 0.526. The molecule has 1 aliphatic heterocycles. The molecule has 3 aromatic heterocycles. The Bertz CT molecular complexity index is 1040. The second kappa shape index (κ2) is 8.08. The van der Waals surface area contributed by atoms with Crippen LogP contribution in [0.2, 0.25) is 31.0 Å². The van der Waals surface area contributed by atoms with Crippen molar-refractivity contribution in [3.8, 4) is 5.69 Å². The zero-order valence-corrected chi connectivity index (χ0v) is 19.8. The molecule has 0 bridgehead atoms. The Kier molecular flexibility index (Phi) is 5.65. The molecule has 0 saturated heterocycles. The Hall–Kier alpha value is -2.30. The summed E-state index contributed by atoms with van der Waals surface area (Å²) in [5, 5.41) is 13.6. The molecular weight excluding hydrogens is 420 g/mol. The number of fused-ring (bicyclic) bond motifs is 3. The van der Waals surface area contributed by atoms with Crippen molar-refractivity contribution in [2.24, 2.45) is 0 Å². The number of halogens is 1. The van der Waals surface area contributed by atoms with Gasteiger partial charge in [0.15, 0.2) is 17.5 Å². The van der Waals surface area contributed by atoms with Crippen LogP contribution < -0.4 is 4.90 Å². The van der Waals surface area contributed by atoms with Gasteiger partial charge in [0.1, 0.15) is 18.2 Å². The Morgan fingerprint density at radius 3 is 2.77 bits per heavy atom. The van der Waals surface area contributed by atoms with Crippen LogP contribution in [-0.4, -0.2) is 49.2 Å². The molecule has 160 valence electrons. The summed E-state index contributed by atoms with van der Waals surface area (Å²) in [6.07, 6.45) is 4.43. The highest BCUT2D eigenvalue weighted by Crippen LogP contribution is 2.42. The first-order chi connectivity index (χ1) is 14.3. The van der Waals surface area contributed by atoms with E-state index in [-0.39, 0.29) is 11.3 Å². The van der Waals surface area contributed by atoms with E-state index in [4.69, 9.17) is 21.4 Å². The number of aromatic nitrogens is 7. The van der Waals surface area contributed by atoms with Crippen LogP contribution in [0, 0.1) is 6.92 Å². The zero-order chi connectivity index (χ0) is 21.5. The highest BCUT2D eigenvalue weighted by Gasteiger charge is 2.36. The number of hydrogen-bond donors (Lipinski definition) is 0. The first kappa shape index (κ1) is 20.9. The lowest BCUT2D eigenvalue weighted by Gasteiger charge is -2.35. The molecule has 11 heteroatoms. The predicted octanol–water partition coefficient (Wildman–Crippen LogP) is 4.13. The number of nitrogens with zero attached hydrogens (tertiary/aromatic N) is 8. The molecular formula is C19H27ClN8OSi. The number of aryl methyl sites for hydroxylation is 1. The largest absolute Gasteiger partial charge is 0.360 e. The Balaban J connectivity index is 1.64. The molecule has 1 unspecified atom stereocenters. The summed E-state index contributed by atoms with van der Waals surface area (Å²) in [6, 6.07) is 3.02. The molecule has 0 amide bonds. The highest BCUT2D eigenvalue weighted by molar-refractivity contribution is 6.76. The minimum absolute atomic E-state index is 0.0687. The zero-order valence-electron chi connectivity index (χ0n) is 18.0. The summed E-state index contributed by atoms with van der Waals surface area (Å²) >= 11 is 6.16. The molecule has 0 aromatic carbocycles. The average molecular weight is 447 g/mol. The van der Waals surface area contributed by atoms with Gasteiger partial charge in [0.25, 0.3) is 0 Å². The molecule has 4 rings (SSSR count). The lowest BCUT2D eigenvalue weighted by atomic mass is 10.1. The molecule has 0 spiro atoms. The summed E-state index contributed by atoms with van der Waals surface area (Å²) in [5.74, 6) is 3.09. The van der Waals surface area contributed by atoms with Crippen LogP contribution in [0.3, 0.4) is 0 Å². The van der Waals surface area contributed by atoms with E-state index in [9.17, 15) is 0 Å². The van der Waals surface area contributed by atoms with E-state index >= 15 is 0 Å². The maximum absolute atomic E-state index is 6.16. The van der Waals surface area contributed by atoms with E-state index in [0.717, 1.165) is 42.2 Å². The molecule has 9 nitrogen and oxygen atoms in total. The van der Waals surface area contributed by atoms with E-state index in [1.807, 2.05) is 23.8 Å². The third-order valence-corrected chi connectivity index (χ3v) is 7.02. The minimum atomic E-state index is -1.11. The molecule has 1 aliphatic rings. The quantitative estimate of drug-likeness (QED) is 0.306. The summed E-state index contributed by atoms with van der Waals surface area (Å²) in [6.45, 7) is 12.2. The predicted molar refractivity (Wildman–Crippen MR) is 118 cm³/mol. The number of ether oxygens (including phenoxy) is 1. The van der Waals surface area contributed by atoms with Gasteiger partial charge in [-0.05, 0) is 31.0 Å². The van der Waals surface area contributed by atoms with Gasteiger partial charge in [-0.3, -0.25) is 9.47 Å². The van der Waals surface area contributed by atoms with Crippen molar-refractivity contribution in [2.75, 3.05) is 11.5 Å². The maximum atomic E-state index is 6.16. The van der Waals surface area contributed by atoms with Gasteiger partial charge in [0, 0.05) is 26.9 Å². The SMILES string of the molecule is CCC1c2nnc(C)n2-c2cnc(Cl)nc2N1c1ccn(COCC[Si](C)(C)C)n1. The monoisotopic (exact) mass is 446 g/mol. The average Bonchev–Trinajstić information content (AvgIpc) is 3.30. The van der Waals surface area contributed by atoms with Crippen LogP contribution >= 0.6 is 11.6 Å². The molecule has 0 radical (unpaired) electrons. The van der Waals surface area contributed by atoms with Crippen LogP contribution in [-0.2, 0) is 11.5 Å². The Morgan fingerprint density at radius 2 is 2.03 bits per heavy atom. The maximum Gasteiger partial charge on any atom is 0.224 e. The van der Waals surface area contributed by atoms with Gasteiger partial charge < -0.3 is 4.74 Å². The second-order valence-electron chi connectivity index (χ2n) is 8.64. The van der Waals surface area contributed by atoms with Crippen molar-refractivity contribution in [1.82, 2.24) is 34.5 Å². The molecule has 0 saturated carbocycles. The standard InChI is InChI=1S/C19H27ClN8OSi/c1-6-14-18-24-23-13(2)27(18)15-11-21-19(20)22-17(15)28(14)16-7-8-26(25-16)12-29-9-10-30(3,4)5/h7-8,11,14H,6,9-10,12H2,1-5H3. The van der Waals surface area contributed by atoms with Crippen molar-refractivity contribution in [2.45, 2.75) is 58.7 Å². The first-order valence-corrected chi connectivity index (χ1v) is 14.2. The van der Waals surface area contributed by atoms with Gasteiger partial charge in [0.2, 0.25) is 5.28 Å². The van der Waals surface area contributed by atoms with Crippen molar-refractivity contribution in [3.05, 3.63) is 35.4 Å². The van der Waals surface area contributed by atoms with Crippen molar-refractivity contribution in [1.29, 1.82) is 0 Å². The normalized spacial score (nSPS) is 15.9. The van der Waals surface area contributed by atoms with Crippen LogP contribution in [0.5, 0.6) is 0 Å². The van der Waals surface area contributed by atoms with Gasteiger partial charge in [-0.2, -0.15) is 10.1 Å². The van der Waals surface area contributed by atoms with Gasteiger partial charge in [-0.1, -0.05) is 26.6 Å². The molecule has 0 aliphatic carbocycles. The van der Waals surface area contributed by atoms with Gasteiger partial charge in [-0.25, -0.2) is 9.67 Å². The summed E-state index contributed by atoms with van der Waals surface area (Å²) in [5.41, 5.74) is 0.794. The molecule has 3 aromatic rings. The van der Waals surface area contributed by atoms with E-state index in [2.05, 4.69) is 51.6 Å². The third-order valence-electron chi connectivity index (χ3n) is 5.13. The molecule has 0 fully saturated rings. The van der Waals surface area contributed by atoms with Gasteiger partial charge in [-0.15, -0.1) is 10.2 Å². The number of hydrogen-bond acceptors (Lipinski definition) is 7. The van der Waals surface area contributed by atoms with Crippen LogP contribution in [0.25, 0.3) is 5.69 Å². The molecule has 4 heterocycles. The fourth-order valence-corrected chi connectivity index (χ4v) is 4.44.